The van der Waals surface area contributed by atoms with Gasteiger partial charge in [-0.2, -0.15) is 13.2 Å². The summed E-state index contributed by atoms with van der Waals surface area (Å²) in [7, 11) is 0. The van der Waals surface area contributed by atoms with Gasteiger partial charge >= 0.3 is 6.18 Å². The SMILES string of the molecule is Cc1ccc(Cl)c(Cc2nc3c(C)cc(C(F)(F)F)cn3c2C)c1Cl. The number of halogens is 5. The second kappa shape index (κ2) is 6.22. The van der Waals surface area contributed by atoms with Crippen LogP contribution < -0.4 is 0 Å². The van der Waals surface area contributed by atoms with Crippen LogP contribution >= 0.6 is 23.2 Å². The van der Waals surface area contributed by atoms with Crippen molar-refractivity contribution < 1.29 is 13.2 Å². The van der Waals surface area contributed by atoms with Crippen LogP contribution in [0.25, 0.3) is 5.65 Å². The first-order valence-corrected chi connectivity index (χ1v) is 8.34. The van der Waals surface area contributed by atoms with Crippen LogP contribution in [0.4, 0.5) is 13.2 Å². The second-order valence-corrected chi connectivity index (χ2v) is 6.87. The number of aryl methyl sites for hydroxylation is 3. The van der Waals surface area contributed by atoms with Crippen LogP contribution in [0.3, 0.4) is 0 Å². The molecular formula is C18H15Cl2F3N2. The van der Waals surface area contributed by atoms with E-state index in [1.54, 1.807) is 19.9 Å². The highest BCUT2D eigenvalue weighted by Gasteiger charge is 2.32. The summed E-state index contributed by atoms with van der Waals surface area (Å²) in [6, 6.07) is 4.69. The van der Waals surface area contributed by atoms with E-state index in [2.05, 4.69) is 4.98 Å². The van der Waals surface area contributed by atoms with Crippen LogP contribution in [0.2, 0.25) is 10.0 Å². The molecule has 132 valence electrons. The van der Waals surface area contributed by atoms with Crippen LogP contribution in [0, 0.1) is 20.8 Å². The van der Waals surface area contributed by atoms with E-state index < -0.39 is 11.7 Å². The zero-order valence-corrected chi connectivity index (χ0v) is 15.3. The van der Waals surface area contributed by atoms with Crippen molar-refractivity contribution in [3.63, 3.8) is 0 Å². The number of pyridine rings is 1. The lowest BCUT2D eigenvalue weighted by atomic mass is 10.1. The lowest BCUT2D eigenvalue weighted by molar-refractivity contribution is -0.137. The van der Waals surface area contributed by atoms with Crippen molar-refractivity contribution in [2.24, 2.45) is 0 Å². The summed E-state index contributed by atoms with van der Waals surface area (Å²) >= 11 is 12.6. The Balaban J connectivity index is 2.15. The van der Waals surface area contributed by atoms with Gasteiger partial charge in [0, 0.05) is 28.4 Å². The molecule has 0 amide bonds. The van der Waals surface area contributed by atoms with Crippen molar-refractivity contribution in [3.8, 4) is 0 Å². The van der Waals surface area contributed by atoms with Gasteiger partial charge in [-0.25, -0.2) is 4.98 Å². The van der Waals surface area contributed by atoms with Crippen molar-refractivity contribution in [2.75, 3.05) is 0 Å². The van der Waals surface area contributed by atoms with E-state index in [9.17, 15) is 13.2 Å². The van der Waals surface area contributed by atoms with E-state index in [1.807, 2.05) is 13.0 Å². The number of hydrogen-bond donors (Lipinski definition) is 0. The first-order chi connectivity index (χ1) is 11.6. The van der Waals surface area contributed by atoms with Gasteiger partial charge in [-0.05, 0) is 49.6 Å². The van der Waals surface area contributed by atoms with Crippen molar-refractivity contribution >= 4 is 28.8 Å². The van der Waals surface area contributed by atoms with Crippen LogP contribution in [0.1, 0.15) is 33.6 Å². The van der Waals surface area contributed by atoms with E-state index in [-0.39, 0.29) is 0 Å². The van der Waals surface area contributed by atoms with Gasteiger partial charge in [0.15, 0.2) is 0 Å². The fraction of sp³-hybridized carbons (Fsp3) is 0.278. The maximum absolute atomic E-state index is 13.1. The van der Waals surface area contributed by atoms with Crippen LogP contribution in [0.5, 0.6) is 0 Å². The monoisotopic (exact) mass is 386 g/mol. The van der Waals surface area contributed by atoms with Crippen molar-refractivity contribution in [1.29, 1.82) is 0 Å². The molecule has 0 unspecified atom stereocenters. The molecule has 0 spiro atoms. The summed E-state index contributed by atoms with van der Waals surface area (Å²) in [5.74, 6) is 0. The Kier molecular flexibility index (Phi) is 4.50. The molecule has 0 aliphatic carbocycles. The van der Waals surface area contributed by atoms with Gasteiger partial charge in [0.25, 0.3) is 0 Å². The Morgan fingerprint density at radius 2 is 1.76 bits per heavy atom. The second-order valence-electron chi connectivity index (χ2n) is 6.08. The zero-order valence-electron chi connectivity index (χ0n) is 13.8. The molecule has 2 heterocycles. The fourth-order valence-electron chi connectivity index (χ4n) is 2.84. The van der Waals surface area contributed by atoms with Gasteiger partial charge < -0.3 is 4.40 Å². The minimum Gasteiger partial charge on any atom is -0.303 e. The van der Waals surface area contributed by atoms with Crippen LogP contribution in [-0.2, 0) is 12.6 Å². The highest BCUT2D eigenvalue weighted by atomic mass is 35.5. The number of benzene rings is 1. The molecular weight excluding hydrogens is 372 g/mol. The zero-order chi connectivity index (χ0) is 18.5. The molecule has 3 aromatic rings. The Bertz CT molecular complexity index is 975. The number of aromatic nitrogens is 2. The summed E-state index contributed by atoms with van der Waals surface area (Å²) in [4.78, 5) is 4.52. The number of hydrogen-bond acceptors (Lipinski definition) is 1. The van der Waals surface area contributed by atoms with E-state index in [0.29, 0.717) is 39.1 Å². The third-order valence-corrected chi connectivity index (χ3v) is 5.17. The highest BCUT2D eigenvalue weighted by Crippen LogP contribution is 2.33. The Morgan fingerprint density at radius 3 is 2.40 bits per heavy atom. The first kappa shape index (κ1) is 18.1. The van der Waals surface area contributed by atoms with Crippen LogP contribution in [-0.4, -0.2) is 9.38 Å². The topological polar surface area (TPSA) is 17.3 Å². The number of imidazole rings is 1. The minimum absolute atomic E-state index is 0.355. The molecule has 25 heavy (non-hydrogen) atoms. The average Bonchev–Trinajstić information content (AvgIpc) is 2.84. The molecule has 7 heteroatoms. The molecule has 0 saturated carbocycles. The quantitative estimate of drug-likeness (QED) is 0.514. The standard InChI is InChI=1S/C18H15Cl2F3N2/c1-9-4-5-14(19)13(16(9)20)7-15-11(3)25-8-12(18(21,22)23)6-10(2)17(25)24-15/h4-6,8H,7H2,1-3H3. The normalized spacial score (nSPS) is 12.2. The average molecular weight is 387 g/mol. The van der Waals surface area contributed by atoms with Gasteiger partial charge in [-0.15, -0.1) is 0 Å². The molecule has 0 aliphatic heterocycles. The number of nitrogens with zero attached hydrogens (tertiary/aromatic N) is 2. The first-order valence-electron chi connectivity index (χ1n) is 7.58. The van der Waals surface area contributed by atoms with Gasteiger partial charge in [0.05, 0.1) is 11.3 Å². The molecule has 0 saturated heterocycles. The largest absolute Gasteiger partial charge is 0.417 e. The molecule has 0 atom stereocenters. The predicted molar refractivity (Wildman–Crippen MR) is 93.7 cm³/mol. The maximum Gasteiger partial charge on any atom is 0.417 e. The lowest BCUT2D eigenvalue weighted by Gasteiger charge is -2.10. The smallest absolute Gasteiger partial charge is 0.303 e. The molecule has 3 rings (SSSR count). The third kappa shape index (κ3) is 3.23. The lowest BCUT2D eigenvalue weighted by Crippen LogP contribution is -2.07. The van der Waals surface area contributed by atoms with Gasteiger partial charge in [0.2, 0.25) is 0 Å². The molecule has 1 aromatic carbocycles. The van der Waals surface area contributed by atoms with E-state index >= 15 is 0 Å². The Hall–Kier alpha value is -1.72. The Morgan fingerprint density at radius 1 is 1.08 bits per heavy atom. The fourth-order valence-corrected chi connectivity index (χ4v) is 3.34. The summed E-state index contributed by atoms with van der Waals surface area (Å²) in [6.07, 6.45) is -2.97. The maximum atomic E-state index is 13.1. The van der Waals surface area contributed by atoms with E-state index in [1.165, 1.54) is 4.40 Å². The Labute approximate surface area is 153 Å². The van der Waals surface area contributed by atoms with E-state index in [0.717, 1.165) is 23.4 Å². The van der Waals surface area contributed by atoms with Crippen molar-refractivity contribution in [2.45, 2.75) is 33.4 Å². The van der Waals surface area contributed by atoms with Crippen molar-refractivity contribution in [1.82, 2.24) is 9.38 Å². The summed E-state index contributed by atoms with van der Waals surface area (Å²) in [5.41, 5.74) is 3.17. The predicted octanol–water partition coefficient (Wildman–Crippen LogP) is 6.18. The summed E-state index contributed by atoms with van der Waals surface area (Å²) < 4.78 is 40.7. The molecule has 0 bridgehead atoms. The summed E-state index contributed by atoms with van der Waals surface area (Å²) in [6.45, 7) is 5.23. The summed E-state index contributed by atoms with van der Waals surface area (Å²) in [5, 5.41) is 1.07. The van der Waals surface area contributed by atoms with E-state index in [4.69, 9.17) is 23.2 Å². The molecule has 0 aliphatic rings. The minimum atomic E-state index is -4.40. The van der Waals surface area contributed by atoms with Gasteiger partial charge in [0.1, 0.15) is 5.65 Å². The molecule has 2 aromatic heterocycles. The van der Waals surface area contributed by atoms with Gasteiger partial charge in [-0.1, -0.05) is 29.3 Å². The van der Waals surface area contributed by atoms with Gasteiger partial charge in [-0.3, -0.25) is 0 Å². The molecule has 2 nitrogen and oxygen atoms in total. The molecule has 0 N–H and O–H groups in total. The van der Waals surface area contributed by atoms with Crippen LogP contribution in [0.15, 0.2) is 24.4 Å². The third-order valence-electron chi connectivity index (χ3n) is 4.29. The molecule has 0 radical (unpaired) electrons. The number of fused-ring (bicyclic) bond motifs is 1. The molecule has 0 fully saturated rings. The highest BCUT2D eigenvalue weighted by molar-refractivity contribution is 6.36. The number of alkyl halides is 3. The van der Waals surface area contributed by atoms with Crippen molar-refractivity contribution in [3.05, 3.63) is 68.1 Å². The number of rotatable bonds is 2.